The van der Waals surface area contributed by atoms with Crippen LogP contribution in [0.4, 0.5) is 5.69 Å². The maximum absolute atomic E-state index is 10.9. The fourth-order valence-corrected chi connectivity index (χ4v) is 2.85. The van der Waals surface area contributed by atoms with E-state index in [4.69, 9.17) is 9.72 Å². The third-order valence-corrected chi connectivity index (χ3v) is 4.11. The molecule has 0 saturated heterocycles. The minimum Gasteiger partial charge on any atom is -0.383 e. The van der Waals surface area contributed by atoms with Gasteiger partial charge in [-0.15, -0.1) is 0 Å². The van der Waals surface area contributed by atoms with Crippen molar-refractivity contribution in [1.29, 1.82) is 0 Å². The summed E-state index contributed by atoms with van der Waals surface area (Å²) in [7, 11) is 1.63. The maximum atomic E-state index is 10.9. The zero-order valence-corrected chi connectivity index (χ0v) is 14.0. The Kier molecular flexibility index (Phi) is 4.02. The van der Waals surface area contributed by atoms with Crippen LogP contribution in [0.3, 0.4) is 0 Å². The van der Waals surface area contributed by atoms with Gasteiger partial charge in [0.05, 0.1) is 22.6 Å². The van der Waals surface area contributed by atoms with Gasteiger partial charge in [0.1, 0.15) is 5.82 Å². The van der Waals surface area contributed by atoms with Gasteiger partial charge in [-0.3, -0.25) is 10.1 Å². The number of rotatable bonds is 5. The molecule has 2 aromatic carbocycles. The molecule has 0 aliphatic rings. The molecule has 0 saturated carbocycles. The van der Waals surface area contributed by atoms with Crippen LogP contribution in [0.1, 0.15) is 0 Å². The molecular weight excluding hydrogens is 334 g/mol. The number of aromatic nitrogens is 4. The van der Waals surface area contributed by atoms with Crippen LogP contribution >= 0.6 is 0 Å². The summed E-state index contributed by atoms with van der Waals surface area (Å²) >= 11 is 0. The Morgan fingerprint density at radius 1 is 1.04 bits per heavy atom. The van der Waals surface area contributed by atoms with Gasteiger partial charge in [0.25, 0.3) is 5.69 Å². The number of nitrogens with zero attached hydrogens (tertiary/aromatic N) is 5. The van der Waals surface area contributed by atoms with E-state index in [1.165, 1.54) is 12.1 Å². The molecule has 0 unspecified atom stereocenters. The van der Waals surface area contributed by atoms with Crippen LogP contribution in [-0.2, 0) is 11.3 Å². The number of nitro benzene ring substituents is 1. The second-order valence-corrected chi connectivity index (χ2v) is 5.74. The first kappa shape index (κ1) is 16.1. The van der Waals surface area contributed by atoms with Gasteiger partial charge in [0.2, 0.25) is 0 Å². The van der Waals surface area contributed by atoms with Gasteiger partial charge in [-0.05, 0) is 24.3 Å². The van der Waals surface area contributed by atoms with Crippen molar-refractivity contribution in [2.75, 3.05) is 13.7 Å². The minimum absolute atomic E-state index is 0.0373. The minimum atomic E-state index is -0.423. The number of imidazole rings is 1. The average molecular weight is 349 g/mol. The zero-order valence-electron chi connectivity index (χ0n) is 14.0. The number of non-ortho nitro benzene ring substituents is 1. The Hall–Kier alpha value is -3.39. The molecule has 2 heterocycles. The van der Waals surface area contributed by atoms with Crippen molar-refractivity contribution in [2.24, 2.45) is 0 Å². The second-order valence-electron chi connectivity index (χ2n) is 5.74. The topological polar surface area (TPSA) is 96.0 Å². The Labute approximate surface area is 148 Å². The van der Waals surface area contributed by atoms with E-state index in [-0.39, 0.29) is 5.69 Å². The number of benzene rings is 2. The van der Waals surface area contributed by atoms with Crippen LogP contribution in [0, 0.1) is 10.1 Å². The average Bonchev–Trinajstić information content (AvgIpc) is 3.02. The van der Waals surface area contributed by atoms with Crippen molar-refractivity contribution in [3.8, 4) is 11.4 Å². The van der Waals surface area contributed by atoms with Crippen molar-refractivity contribution >= 4 is 28.0 Å². The molecule has 0 aliphatic heterocycles. The van der Waals surface area contributed by atoms with E-state index in [1.54, 1.807) is 19.2 Å². The molecule has 0 amide bonds. The van der Waals surface area contributed by atoms with Crippen molar-refractivity contribution in [1.82, 2.24) is 19.5 Å². The molecule has 2 aromatic heterocycles. The van der Waals surface area contributed by atoms with E-state index < -0.39 is 4.92 Å². The summed E-state index contributed by atoms with van der Waals surface area (Å²) in [5, 5.41) is 10.9. The van der Waals surface area contributed by atoms with E-state index in [0.29, 0.717) is 30.3 Å². The summed E-state index contributed by atoms with van der Waals surface area (Å²) in [4.78, 5) is 24.4. The van der Waals surface area contributed by atoms with Crippen LogP contribution in [0.2, 0.25) is 0 Å². The number of fused-ring (bicyclic) bond motifs is 2. The molecule has 0 radical (unpaired) electrons. The number of hydrogen-bond acceptors (Lipinski definition) is 6. The number of nitro groups is 1. The Balaban J connectivity index is 1.91. The summed E-state index contributed by atoms with van der Waals surface area (Å²) in [6.07, 6.45) is 0. The highest BCUT2D eigenvalue weighted by Crippen LogP contribution is 2.26. The van der Waals surface area contributed by atoms with Gasteiger partial charge in [-0.1, -0.05) is 12.1 Å². The number of methoxy groups -OCH3 is 1. The van der Waals surface area contributed by atoms with Crippen LogP contribution in [0.5, 0.6) is 0 Å². The highest BCUT2D eigenvalue weighted by molar-refractivity contribution is 5.84. The summed E-state index contributed by atoms with van der Waals surface area (Å²) < 4.78 is 7.14. The molecule has 0 N–H and O–H groups in total. The van der Waals surface area contributed by atoms with Crippen LogP contribution < -0.4 is 0 Å². The predicted molar refractivity (Wildman–Crippen MR) is 96.8 cm³/mol. The molecule has 4 aromatic rings. The molecule has 0 fully saturated rings. The summed E-state index contributed by atoms with van der Waals surface area (Å²) in [5.74, 6) is 0.655. The number of hydrogen-bond donors (Lipinski definition) is 0. The van der Waals surface area contributed by atoms with Gasteiger partial charge in [0.15, 0.2) is 11.3 Å². The molecule has 26 heavy (non-hydrogen) atoms. The summed E-state index contributed by atoms with van der Waals surface area (Å²) in [5.41, 5.74) is 3.55. The number of para-hydroxylation sites is 2. The first-order chi connectivity index (χ1) is 12.7. The summed E-state index contributed by atoms with van der Waals surface area (Å²) in [6, 6.07) is 13.9. The SMILES string of the molecule is COCCn1c(-c2ccc([N+](=O)[O-])cc2)nc2nc3ccccc3nc21. The normalized spacial score (nSPS) is 11.3. The van der Waals surface area contributed by atoms with Crippen LogP contribution in [0.15, 0.2) is 48.5 Å². The molecule has 0 aliphatic carbocycles. The van der Waals surface area contributed by atoms with Crippen molar-refractivity contribution in [3.63, 3.8) is 0 Å². The second kappa shape index (κ2) is 6.49. The van der Waals surface area contributed by atoms with Gasteiger partial charge in [-0.2, -0.15) is 0 Å². The molecule has 8 nitrogen and oxygen atoms in total. The lowest BCUT2D eigenvalue weighted by molar-refractivity contribution is -0.384. The van der Waals surface area contributed by atoms with Gasteiger partial charge in [-0.25, -0.2) is 15.0 Å². The van der Waals surface area contributed by atoms with E-state index in [9.17, 15) is 10.1 Å². The van der Waals surface area contributed by atoms with E-state index in [1.807, 2.05) is 28.8 Å². The third-order valence-electron chi connectivity index (χ3n) is 4.11. The monoisotopic (exact) mass is 349 g/mol. The molecule has 4 rings (SSSR count). The van der Waals surface area contributed by atoms with Crippen molar-refractivity contribution in [3.05, 3.63) is 58.6 Å². The fraction of sp³-hybridized carbons (Fsp3) is 0.167. The molecule has 8 heteroatoms. The number of ether oxygens (including phenoxy) is 1. The van der Waals surface area contributed by atoms with Crippen molar-refractivity contribution < 1.29 is 9.66 Å². The highest BCUT2D eigenvalue weighted by Gasteiger charge is 2.16. The zero-order chi connectivity index (χ0) is 18.1. The van der Waals surface area contributed by atoms with Crippen LogP contribution in [0.25, 0.3) is 33.7 Å². The predicted octanol–water partition coefficient (Wildman–Crippen LogP) is 3.20. The largest absolute Gasteiger partial charge is 0.383 e. The van der Waals surface area contributed by atoms with Crippen LogP contribution in [-0.4, -0.2) is 38.2 Å². The quantitative estimate of drug-likeness (QED) is 0.405. The maximum Gasteiger partial charge on any atom is 0.269 e. The molecule has 130 valence electrons. The molecule has 0 spiro atoms. The Morgan fingerprint density at radius 2 is 1.73 bits per heavy atom. The van der Waals surface area contributed by atoms with Gasteiger partial charge >= 0.3 is 0 Å². The van der Waals surface area contributed by atoms with Crippen molar-refractivity contribution in [2.45, 2.75) is 6.54 Å². The van der Waals surface area contributed by atoms with Gasteiger partial charge in [0, 0.05) is 31.4 Å². The smallest absolute Gasteiger partial charge is 0.269 e. The first-order valence-electron chi connectivity index (χ1n) is 8.04. The molecular formula is C18H15N5O3. The highest BCUT2D eigenvalue weighted by atomic mass is 16.6. The van der Waals surface area contributed by atoms with E-state index in [2.05, 4.69) is 9.97 Å². The van der Waals surface area contributed by atoms with Gasteiger partial charge < -0.3 is 9.30 Å². The third kappa shape index (κ3) is 2.76. The first-order valence-corrected chi connectivity index (χ1v) is 8.04. The van der Waals surface area contributed by atoms with E-state index in [0.717, 1.165) is 16.6 Å². The lowest BCUT2D eigenvalue weighted by Gasteiger charge is -2.08. The lowest BCUT2D eigenvalue weighted by Crippen LogP contribution is -2.07. The molecule has 0 bridgehead atoms. The lowest BCUT2D eigenvalue weighted by atomic mass is 10.2. The molecule has 0 atom stereocenters. The van der Waals surface area contributed by atoms with E-state index >= 15 is 0 Å². The fourth-order valence-electron chi connectivity index (χ4n) is 2.85. The summed E-state index contributed by atoms with van der Waals surface area (Å²) in [6.45, 7) is 1.03. The Bertz CT molecular complexity index is 1110. The standard InChI is InChI=1S/C18H15N5O3/c1-26-11-10-22-17(12-6-8-13(9-7-12)23(24)25)21-16-18(22)20-15-5-3-2-4-14(15)19-16/h2-9H,10-11H2,1H3. The Morgan fingerprint density at radius 3 is 2.38 bits per heavy atom.